The molecule has 1 unspecified atom stereocenters. The molecule has 1 aromatic carbocycles. The number of alkyl halides is 2. The van der Waals surface area contributed by atoms with Gasteiger partial charge in [0.2, 0.25) is 5.92 Å². The van der Waals surface area contributed by atoms with Crippen molar-refractivity contribution in [3.05, 3.63) is 77.6 Å². The summed E-state index contributed by atoms with van der Waals surface area (Å²) in [5, 5.41) is 4.89. The molecule has 0 aliphatic heterocycles. The van der Waals surface area contributed by atoms with Crippen molar-refractivity contribution in [1.82, 2.24) is 19.7 Å². The Morgan fingerprint density at radius 1 is 1.10 bits per heavy atom. The van der Waals surface area contributed by atoms with Gasteiger partial charge in [0, 0.05) is 41.7 Å². The number of benzene rings is 1. The fourth-order valence-corrected chi connectivity index (χ4v) is 6.11. The number of pyridine rings is 2. The van der Waals surface area contributed by atoms with Gasteiger partial charge in [-0.3, -0.25) is 4.98 Å². The first kappa shape index (κ1) is 26.1. The topological polar surface area (TPSA) is 83.0 Å². The second-order valence-electron chi connectivity index (χ2n) is 10.5. The number of rotatable bonds is 6. The molecule has 5 aromatic rings. The third-order valence-corrected chi connectivity index (χ3v) is 7.96. The minimum atomic E-state index is -2.66. The largest absolute Gasteiger partial charge is 0.461 e. The van der Waals surface area contributed by atoms with E-state index in [0.29, 0.717) is 18.6 Å². The highest BCUT2D eigenvalue weighted by Gasteiger charge is 2.39. The summed E-state index contributed by atoms with van der Waals surface area (Å²) >= 11 is 0. The molecule has 0 saturated heterocycles. The van der Waals surface area contributed by atoms with Crippen LogP contribution in [0, 0.1) is 19.8 Å². The zero-order valence-corrected chi connectivity index (χ0v) is 22.7. The Hall–Kier alpha value is -4.14. The summed E-state index contributed by atoms with van der Waals surface area (Å²) in [5.41, 5.74) is 5.94. The standard InChI is InChI=1S/C31H30F2N4O3/c1-4-39-30(38)24-15-25-23(17-34-24)28-26(14-22(16-35-28)27-18(2)36-40-19(27)3)37(25)29(20-8-6-5-7-9-20)21-10-12-31(32,33)13-11-21/h5-9,14-17,21,29H,4,10-13H2,1-3H3. The van der Waals surface area contributed by atoms with Crippen LogP contribution in [0.1, 0.15) is 66.2 Å². The number of ether oxygens (including phenoxy) is 1. The second kappa shape index (κ2) is 10.1. The molecule has 0 spiro atoms. The number of aryl methyl sites for hydroxylation is 2. The zero-order valence-electron chi connectivity index (χ0n) is 22.7. The molecule has 4 aromatic heterocycles. The van der Waals surface area contributed by atoms with Crippen LogP contribution >= 0.6 is 0 Å². The number of aromatic nitrogens is 4. The molecule has 1 aliphatic rings. The van der Waals surface area contributed by atoms with Crippen LogP contribution < -0.4 is 0 Å². The SMILES string of the molecule is CCOC(=O)c1cc2c(cn1)c1ncc(-c3c(C)noc3C)cc1n2C(c1ccccc1)C1CCC(F)(F)CC1. The Bertz CT molecular complexity index is 1680. The van der Waals surface area contributed by atoms with Crippen LogP contribution in [0.4, 0.5) is 8.78 Å². The molecule has 206 valence electrons. The molecule has 0 bridgehead atoms. The highest BCUT2D eigenvalue weighted by Crippen LogP contribution is 2.46. The monoisotopic (exact) mass is 544 g/mol. The maximum atomic E-state index is 14.3. The molecule has 1 atom stereocenters. The number of hydrogen-bond acceptors (Lipinski definition) is 6. The summed E-state index contributed by atoms with van der Waals surface area (Å²) in [6.45, 7) is 5.72. The van der Waals surface area contributed by atoms with Gasteiger partial charge in [-0.2, -0.15) is 0 Å². The number of fused-ring (bicyclic) bond motifs is 3. The zero-order chi connectivity index (χ0) is 28.0. The molecule has 1 saturated carbocycles. The quantitative estimate of drug-likeness (QED) is 0.207. The Morgan fingerprint density at radius 3 is 2.52 bits per heavy atom. The number of nitrogens with zero attached hydrogens (tertiary/aromatic N) is 4. The molecule has 40 heavy (non-hydrogen) atoms. The van der Waals surface area contributed by atoms with Crippen LogP contribution in [0.3, 0.4) is 0 Å². The van der Waals surface area contributed by atoms with Crippen molar-refractivity contribution in [2.45, 2.75) is 58.4 Å². The normalized spacial score (nSPS) is 16.4. The molecular formula is C31H30F2N4O3. The summed E-state index contributed by atoms with van der Waals surface area (Å²) in [6.07, 6.45) is 3.88. The summed E-state index contributed by atoms with van der Waals surface area (Å²) in [6, 6.07) is 13.5. The number of esters is 1. The average Bonchev–Trinajstić information content (AvgIpc) is 3.45. The second-order valence-corrected chi connectivity index (χ2v) is 10.5. The van der Waals surface area contributed by atoms with Crippen molar-refractivity contribution >= 4 is 27.9 Å². The predicted octanol–water partition coefficient (Wildman–Crippen LogP) is 7.45. The van der Waals surface area contributed by atoms with Crippen LogP contribution in [0.25, 0.3) is 33.1 Å². The molecular weight excluding hydrogens is 514 g/mol. The summed E-state index contributed by atoms with van der Waals surface area (Å²) in [5.74, 6) is -2.54. The molecule has 4 heterocycles. The highest BCUT2D eigenvalue weighted by atomic mass is 19.3. The van der Waals surface area contributed by atoms with Crippen LogP contribution in [0.2, 0.25) is 0 Å². The molecule has 7 nitrogen and oxygen atoms in total. The van der Waals surface area contributed by atoms with Gasteiger partial charge in [0.15, 0.2) is 0 Å². The van der Waals surface area contributed by atoms with E-state index in [9.17, 15) is 13.6 Å². The minimum Gasteiger partial charge on any atom is -0.461 e. The summed E-state index contributed by atoms with van der Waals surface area (Å²) < 4.78 is 41.4. The number of hydrogen-bond donors (Lipinski definition) is 0. The van der Waals surface area contributed by atoms with Gasteiger partial charge in [-0.25, -0.2) is 18.6 Å². The number of halogens is 2. The van der Waals surface area contributed by atoms with E-state index in [4.69, 9.17) is 14.2 Å². The summed E-state index contributed by atoms with van der Waals surface area (Å²) in [4.78, 5) is 22.0. The van der Waals surface area contributed by atoms with E-state index in [0.717, 1.165) is 44.3 Å². The van der Waals surface area contributed by atoms with E-state index >= 15 is 0 Å². The first-order valence-electron chi connectivity index (χ1n) is 13.6. The molecule has 0 radical (unpaired) electrons. The molecule has 9 heteroatoms. The van der Waals surface area contributed by atoms with Crippen molar-refractivity contribution in [3.63, 3.8) is 0 Å². The van der Waals surface area contributed by atoms with Crippen molar-refractivity contribution in [2.24, 2.45) is 5.92 Å². The lowest BCUT2D eigenvalue weighted by Gasteiger charge is -2.35. The fourth-order valence-electron chi connectivity index (χ4n) is 6.11. The van der Waals surface area contributed by atoms with E-state index in [1.807, 2.05) is 50.2 Å². The lowest BCUT2D eigenvalue weighted by molar-refractivity contribution is -0.0493. The molecule has 1 fully saturated rings. The summed E-state index contributed by atoms with van der Waals surface area (Å²) in [7, 11) is 0. The number of carbonyl (C=O) groups is 1. The average molecular weight is 545 g/mol. The van der Waals surface area contributed by atoms with Crippen molar-refractivity contribution in [3.8, 4) is 11.1 Å². The predicted molar refractivity (Wildman–Crippen MR) is 147 cm³/mol. The third-order valence-electron chi connectivity index (χ3n) is 7.96. The van der Waals surface area contributed by atoms with E-state index in [1.54, 1.807) is 25.4 Å². The van der Waals surface area contributed by atoms with Gasteiger partial charge in [0.1, 0.15) is 11.5 Å². The Labute approximate surface area is 230 Å². The lowest BCUT2D eigenvalue weighted by atomic mass is 9.79. The first-order chi connectivity index (χ1) is 19.3. The fraction of sp³-hybridized carbons (Fsp3) is 0.355. The Balaban J connectivity index is 1.64. The van der Waals surface area contributed by atoms with E-state index < -0.39 is 11.9 Å². The van der Waals surface area contributed by atoms with Gasteiger partial charge < -0.3 is 13.8 Å². The van der Waals surface area contributed by atoms with Crippen molar-refractivity contribution in [2.75, 3.05) is 6.61 Å². The van der Waals surface area contributed by atoms with E-state index in [1.165, 1.54) is 0 Å². The maximum Gasteiger partial charge on any atom is 0.356 e. The maximum absolute atomic E-state index is 14.3. The highest BCUT2D eigenvalue weighted by molar-refractivity contribution is 6.08. The molecule has 0 amide bonds. The van der Waals surface area contributed by atoms with E-state index in [2.05, 4.69) is 14.7 Å². The lowest BCUT2D eigenvalue weighted by Crippen LogP contribution is -2.30. The van der Waals surface area contributed by atoms with Crippen LogP contribution in [-0.4, -0.2) is 38.2 Å². The molecule has 6 rings (SSSR count). The number of carbonyl (C=O) groups excluding carboxylic acids is 1. The minimum absolute atomic E-state index is 0.0530. The third kappa shape index (κ3) is 4.53. The smallest absolute Gasteiger partial charge is 0.356 e. The van der Waals surface area contributed by atoms with Gasteiger partial charge in [-0.15, -0.1) is 0 Å². The van der Waals surface area contributed by atoms with Gasteiger partial charge in [0.25, 0.3) is 0 Å². The van der Waals surface area contributed by atoms with Gasteiger partial charge in [-0.1, -0.05) is 35.5 Å². The first-order valence-corrected chi connectivity index (χ1v) is 13.6. The van der Waals surface area contributed by atoms with Crippen LogP contribution in [-0.2, 0) is 4.74 Å². The Kier molecular flexibility index (Phi) is 6.60. The Morgan fingerprint density at radius 2 is 1.85 bits per heavy atom. The van der Waals surface area contributed by atoms with Gasteiger partial charge in [-0.05, 0) is 57.2 Å². The molecule has 0 N–H and O–H groups in total. The van der Waals surface area contributed by atoms with Crippen LogP contribution in [0.15, 0.2) is 59.4 Å². The van der Waals surface area contributed by atoms with Crippen molar-refractivity contribution in [1.29, 1.82) is 0 Å². The molecule has 1 aliphatic carbocycles. The van der Waals surface area contributed by atoms with Crippen LogP contribution in [0.5, 0.6) is 0 Å². The van der Waals surface area contributed by atoms with Crippen molar-refractivity contribution < 1.29 is 22.8 Å². The van der Waals surface area contributed by atoms with E-state index in [-0.39, 0.29) is 37.1 Å². The van der Waals surface area contributed by atoms with Gasteiger partial charge in [0.05, 0.1) is 34.9 Å². The van der Waals surface area contributed by atoms with Gasteiger partial charge >= 0.3 is 5.97 Å².